The molecule has 0 bridgehead atoms. The third-order valence-corrected chi connectivity index (χ3v) is 3.07. The minimum atomic E-state index is 0.833. The van der Waals surface area contributed by atoms with Crippen molar-refractivity contribution < 1.29 is 0 Å². The van der Waals surface area contributed by atoms with Crippen molar-refractivity contribution >= 4 is 6.08 Å². The van der Waals surface area contributed by atoms with Gasteiger partial charge in [0.05, 0.1) is 0 Å². The van der Waals surface area contributed by atoms with Crippen LogP contribution in [0.3, 0.4) is 0 Å². The van der Waals surface area contributed by atoms with E-state index in [2.05, 4.69) is 49.5 Å². The van der Waals surface area contributed by atoms with Gasteiger partial charge < -0.3 is 5.32 Å². The van der Waals surface area contributed by atoms with E-state index in [0.717, 1.165) is 19.0 Å². The maximum absolute atomic E-state index is 3.36. The first kappa shape index (κ1) is 11.4. The third kappa shape index (κ3) is 2.96. The molecule has 1 heteroatoms. The molecule has 16 heavy (non-hydrogen) atoms. The zero-order valence-electron chi connectivity index (χ0n) is 10.3. The lowest BCUT2D eigenvalue weighted by Crippen LogP contribution is -2.14. The number of nitrogens with one attached hydrogen (secondary N) is 1. The molecule has 0 saturated heterocycles. The lowest BCUT2D eigenvalue weighted by atomic mass is 10.0. The van der Waals surface area contributed by atoms with E-state index in [1.165, 1.54) is 24.0 Å². The summed E-state index contributed by atoms with van der Waals surface area (Å²) >= 11 is 0. The molecule has 1 N–H and O–H groups in total. The van der Waals surface area contributed by atoms with Gasteiger partial charge in [-0.15, -0.1) is 0 Å². The maximum Gasteiger partial charge on any atom is 0.0165 e. The van der Waals surface area contributed by atoms with Gasteiger partial charge in [0.25, 0.3) is 0 Å². The molecule has 1 nitrogen and oxygen atoms in total. The summed E-state index contributed by atoms with van der Waals surface area (Å²) in [5.74, 6) is 0.833. The van der Waals surface area contributed by atoms with Gasteiger partial charge in [-0.3, -0.25) is 0 Å². The second-order valence-corrected chi connectivity index (χ2v) is 4.67. The van der Waals surface area contributed by atoms with Gasteiger partial charge in [-0.25, -0.2) is 0 Å². The lowest BCUT2D eigenvalue weighted by Gasteiger charge is -2.06. The predicted octanol–water partition coefficient (Wildman–Crippen LogP) is 3.58. The Bertz CT molecular complexity index is 375. The van der Waals surface area contributed by atoms with Crippen molar-refractivity contribution in [1.29, 1.82) is 0 Å². The molecule has 1 aromatic rings. The van der Waals surface area contributed by atoms with E-state index in [1.54, 1.807) is 5.56 Å². The monoisotopic (exact) mass is 215 g/mol. The number of hydrogen-bond donors (Lipinski definition) is 1. The summed E-state index contributed by atoms with van der Waals surface area (Å²) in [5.41, 5.74) is 4.37. The van der Waals surface area contributed by atoms with Crippen LogP contribution in [0, 0.1) is 0 Å². The number of rotatable bonds is 5. The summed E-state index contributed by atoms with van der Waals surface area (Å²) in [5, 5.41) is 3.36. The average molecular weight is 215 g/mol. The molecule has 0 aliphatic heterocycles. The highest BCUT2D eigenvalue weighted by atomic mass is 14.8. The quantitative estimate of drug-likeness (QED) is 0.791. The molecule has 0 unspecified atom stereocenters. The standard InChI is InChI=1S/C15H21N/c1-3-16-11-12(2)10-14-6-4-5-7-15(14)13-8-9-13/h4-7,10,13,16H,3,8-9,11H2,1-2H3. The molecule has 2 rings (SSSR count). The Kier molecular flexibility index (Phi) is 3.79. The van der Waals surface area contributed by atoms with Crippen LogP contribution in [0.1, 0.15) is 43.7 Å². The van der Waals surface area contributed by atoms with Gasteiger partial charge in [0, 0.05) is 6.54 Å². The van der Waals surface area contributed by atoms with Gasteiger partial charge in [-0.1, -0.05) is 42.8 Å². The van der Waals surface area contributed by atoms with Crippen LogP contribution in [0.4, 0.5) is 0 Å². The van der Waals surface area contributed by atoms with Crippen molar-refractivity contribution in [3.05, 3.63) is 41.0 Å². The molecule has 0 amide bonds. The van der Waals surface area contributed by atoms with E-state index in [0.29, 0.717) is 0 Å². The normalized spacial score (nSPS) is 16.5. The molecule has 0 heterocycles. The minimum absolute atomic E-state index is 0.833. The van der Waals surface area contributed by atoms with E-state index < -0.39 is 0 Å². The summed E-state index contributed by atoms with van der Waals surface area (Å²) in [4.78, 5) is 0. The van der Waals surface area contributed by atoms with E-state index in [-0.39, 0.29) is 0 Å². The highest BCUT2D eigenvalue weighted by Gasteiger charge is 2.24. The van der Waals surface area contributed by atoms with Crippen LogP contribution in [-0.4, -0.2) is 13.1 Å². The topological polar surface area (TPSA) is 12.0 Å². The van der Waals surface area contributed by atoms with Crippen molar-refractivity contribution in [3.8, 4) is 0 Å². The lowest BCUT2D eigenvalue weighted by molar-refractivity contribution is 0.778. The average Bonchev–Trinajstić information content (AvgIpc) is 3.11. The minimum Gasteiger partial charge on any atom is -0.313 e. The van der Waals surface area contributed by atoms with Crippen molar-refractivity contribution in [1.82, 2.24) is 5.32 Å². The molecule has 1 aromatic carbocycles. The second kappa shape index (κ2) is 5.31. The van der Waals surface area contributed by atoms with Gasteiger partial charge in [0.15, 0.2) is 0 Å². The zero-order chi connectivity index (χ0) is 11.4. The molecule has 1 aliphatic carbocycles. The van der Waals surface area contributed by atoms with Gasteiger partial charge in [0.2, 0.25) is 0 Å². The van der Waals surface area contributed by atoms with Crippen molar-refractivity contribution in [2.75, 3.05) is 13.1 Å². The van der Waals surface area contributed by atoms with Gasteiger partial charge in [-0.2, -0.15) is 0 Å². The number of benzene rings is 1. The first-order valence-corrected chi connectivity index (χ1v) is 6.28. The Morgan fingerprint density at radius 3 is 2.81 bits per heavy atom. The Morgan fingerprint density at radius 1 is 1.38 bits per heavy atom. The Morgan fingerprint density at radius 2 is 2.12 bits per heavy atom. The summed E-state index contributed by atoms with van der Waals surface area (Å²) in [6.45, 7) is 6.38. The summed E-state index contributed by atoms with van der Waals surface area (Å²) < 4.78 is 0. The zero-order valence-corrected chi connectivity index (χ0v) is 10.3. The Labute approximate surface area is 98.6 Å². The summed E-state index contributed by atoms with van der Waals surface area (Å²) in [6.07, 6.45) is 5.07. The molecule has 1 aliphatic rings. The molecular weight excluding hydrogens is 194 g/mol. The molecule has 0 spiro atoms. The fraction of sp³-hybridized carbons (Fsp3) is 0.467. The fourth-order valence-electron chi connectivity index (χ4n) is 2.05. The first-order valence-electron chi connectivity index (χ1n) is 6.28. The number of hydrogen-bond acceptors (Lipinski definition) is 1. The van der Waals surface area contributed by atoms with Crippen molar-refractivity contribution in [3.63, 3.8) is 0 Å². The van der Waals surface area contributed by atoms with Crippen LogP contribution >= 0.6 is 0 Å². The highest BCUT2D eigenvalue weighted by Crippen LogP contribution is 2.41. The summed E-state index contributed by atoms with van der Waals surface area (Å²) in [7, 11) is 0. The van der Waals surface area contributed by atoms with Crippen LogP contribution in [0.5, 0.6) is 0 Å². The molecule has 0 atom stereocenters. The van der Waals surface area contributed by atoms with Gasteiger partial charge >= 0.3 is 0 Å². The van der Waals surface area contributed by atoms with Crippen LogP contribution in [-0.2, 0) is 0 Å². The molecule has 0 radical (unpaired) electrons. The third-order valence-electron chi connectivity index (χ3n) is 3.07. The SMILES string of the molecule is CCNCC(C)=Cc1ccccc1C1CC1. The van der Waals surface area contributed by atoms with Crippen LogP contribution in [0.2, 0.25) is 0 Å². The first-order chi connectivity index (χ1) is 7.81. The van der Waals surface area contributed by atoms with E-state index in [4.69, 9.17) is 0 Å². The highest BCUT2D eigenvalue weighted by molar-refractivity contribution is 5.58. The van der Waals surface area contributed by atoms with Crippen LogP contribution in [0.15, 0.2) is 29.8 Å². The predicted molar refractivity (Wildman–Crippen MR) is 70.6 cm³/mol. The molecule has 0 aromatic heterocycles. The van der Waals surface area contributed by atoms with Crippen LogP contribution in [0.25, 0.3) is 6.08 Å². The second-order valence-electron chi connectivity index (χ2n) is 4.67. The smallest absolute Gasteiger partial charge is 0.0165 e. The Hall–Kier alpha value is -1.08. The molecular formula is C15H21N. The largest absolute Gasteiger partial charge is 0.313 e. The Balaban J connectivity index is 2.13. The molecule has 1 fully saturated rings. The maximum atomic E-state index is 3.36. The van der Waals surface area contributed by atoms with Crippen molar-refractivity contribution in [2.45, 2.75) is 32.6 Å². The van der Waals surface area contributed by atoms with Crippen molar-refractivity contribution in [2.24, 2.45) is 0 Å². The molecule has 1 saturated carbocycles. The fourth-order valence-corrected chi connectivity index (χ4v) is 2.05. The van der Waals surface area contributed by atoms with Gasteiger partial charge in [-0.05, 0) is 43.4 Å². The molecule has 86 valence electrons. The van der Waals surface area contributed by atoms with Gasteiger partial charge in [0.1, 0.15) is 0 Å². The van der Waals surface area contributed by atoms with Crippen LogP contribution < -0.4 is 5.32 Å². The van der Waals surface area contributed by atoms with E-state index in [9.17, 15) is 0 Å². The van der Waals surface area contributed by atoms with E-state index >= 15 is 0 Å². The van der Waals surface area contributed by atoms with E-state index in [1.807, 2.05) is 0 Å². The summed E-state index contributed by atoms with van der Waals surface area (Å²) in [6, 6.07) is 8.82. The number of likely N-dealkylation sites (N-methyl/N-ethyl adjacent to an activating group) is 1.